The molecule has 0 N–H and O–H groups in total. The summed E-state index contributed by atoms with van der Waals surface area (Å²) < 4.78 is 2.52. The standard InChI is InChI=1S/C11H21Si2.C9H7.2CH3.2ClH.H2Si.Ti/c1-12(2,3)10-7-8-11(9-10)13(4,5)6;1-2-5-9-7-3-6-8(9)4-1;;;;;;/h7,9,11H,1-6H3;1-7H;2*1H3;2*1H;1H2;. The van der Waals surface area contributed by atoms with E-state index in [0.29, 0.717) is 4.22 Å². The van der Waals surface area contributed by atoms with Crippen LogP contribution in [0.5, 0.6) is 0 Å². The number of benzene rings is 1. The van der Waals surface area contributed by atoms with Gasteiger partial charge in [-0.05, 0) is 0 Å². The number of fused-ring (bicyclic) bond motifs is 1. The minimum Gasteiger partial charge on any atom is -0.147 e. The largest absolute Gasteiger partial charge is 0.147 e. The summed E-state index contributed by atoms with van der Waals surface area (Å²) in [5.41, 5.74) is 3.76. The van der Waals surface area contributed by atoms with Crippen LogP contribution in [0, 0.1) is 0 Å². The molecule has 1 aromatic carbocycles. The number of rotatable bonds is 4. The Morgan fingerprint density at radius 2 is 1.50 bits per heavy atom. The van der Waals surface area contributed by atoms with Gasteiger partial charge in [-0.2, -0.15) is 0 Å². The van der Waals surface area contributed by atoms with E-state index in [2.05, 4.69) is 106 Å². The average molecular weight is 506 g/mol. The third-order valence-electron chi connectivity index (χ3n) is 6.54. The third-order valence-corrected chi connectivity index (χ3v) is 22.4. The second-order valence-corrected chi connectivity index (χ2v) is 41.6. The summed E-state index contributed by atoms with van der Waals surface area (Å²) in [6.45, 7) is 15.2. The molecular weight excluding hydrogens is 467 g/mol. The molecule has 0 heterocycles. The molecule has 2 unspecified atom stereocenters. The molecule has 0 aromatic heterocycles. The van der Waals surface area contributed by atoms with Crippen molar-refractivity contribution in [3.8, 4) is 0 Å². The molecule has 0 fully saturated rings. The van der Waals surface area contributed by atoms with E-state index in [1.165, 1.54) is 5.56 Å². The first-order valence-corrected chi connectivity index (χ1v) is 25.9. The van der Waals surface area contributed by atoms with Crippen LogP contribution in [-0.4, -0.2) is 23.8 Å². The maximum absolute atomic E-state index is 2.91. The second kappa shape index (κ2) is 8.14. The van der Waals surface area contributed by atoms with Gasteiger partial charge >= 0.3 is 166 Å². The predicted molar refractivity (Wildman–Crippen MR) is 140 cm³/mol. The normalized spacial score (nSPS) is 22.0. The van der Waals surface area contributed by atoms with Gasteiger partial charge in [0.05, 0.1) is 0 Å². The monoisotopic (exact) mass is 504 g/mol. The van der Waals surface area contributed by atoms with Crippen molar-refractivity contribution in [2.24, 2.45) is 0 Å². The van der Waals surface area contributed by atoms with E-state index in [1.807, 2.05) is 3.88 Å². The molecule has 0 aliphatic heterocycles. The van der Waals surface area contributed by atoms with Crippen LogP contribution in [0.4, 0.5) is 0 Å². The Balaban J connectivity index is 0.00000196. The van der Waals surface area contributed by atoms with Gasteiger partial charge in [0, 0.05) is 0 Å². The van der Waals surface area contributed by atoms with Crippen molar-refractivity contribution < 1.29 is 14.0 Å². The minimum atomic E-state index is -2.91. The summed E-state index contributed by atoms with van der Waals surface area (Å²) in [6, 6.07) is 9.09. The Labute approximate surface area is 189 Å². The predicted octanol–water partition coefficient (Wildman–Crippen LogP) is 7.34. The molecule has 0 bridgehead atoms. The number of allylic oxidation sites excluding steroid dienone is 5. The van der Waals surface area contributed by atoms with Crippen LogP contribution in [0.15, 0.2) is 51.6 Å². The summed E-state index contributed by atoms with van der Waals surface area (Å²) in [5.74, 6) is 0. The first kappa shape index (κ1) is 26.4. The van der Waals surface area contributed by atoms with Crippen molar-refractivity contribution >= 4 is 54.7 Å². The van der Waals surface area contributed by atoms with Gasteiger partial charge in [0.1, 0.15) is 0 Å². The Hall–Kier alpha value is 0.385. The summed E-state index contributed by atoms with van der Waals surface area (Å²) in [4.78, 5) is 0. The van der Waals surface area contributed by atoms with Gasteiger partial charge < -0.3 is 0 Å². The van der Waals surface area contributed by atoms with Gasteiger partial charge in [0.15, 0.2) is 0 Å². The molecule has 0 spiro atoms. The molecule has 0 amide bonds. The molecule has 1 aromatic rings. The number of hydrogen-bond donors (Lipinski definition) is 0. The molecule has 2 aliphatic carbocycles. The number of halogens is 2. The SMILES string of the molecule is C[Si](C)(C)C1=CC([Si](C)(C)C)[C]([Ti]([CH3])([CH3])(=[SiH2])[CH]2C=Cc3ccccc32)=C1.Cl.Cl. The van der Waals surface area contributed by atoms with Crippen LogP contribution in [-0.2, 0) is 14.0 Å². The fourth-order valence-corrected chi connectivity index (χ4v) is 22.1. The zero-order chi connectivity index (χ0) is 19.6. The van der Waals surface area contributed by atoms with E-state index in [1.54, 1.807) is 10.8 Å². The molecule has 28 heavy (non-hydrogen) atoms. The molecule has 0 saturated heterocycles. The molecule has 0 radical (unpaired) electrons. The first-order chi connectivity index (χ1) is 11.7. The average Bonchev–Trinajstić information content (AvgIpc) is 3.11. The quantitative estimate of drug-likeness (QED) is 0.376. The smallest absolute Gasteiger partial charge is 0.147 e. The Kier molecular flexibility index (Phi) is 7.68. The molecular formula is C22H38Cl2Si3Ti. The fourth-order valence-electron chi connectivity index (χ4n) is 4.74. The second-order valence-electron chi connectivity index (χ2n) is 11.6. The third kappa shape index (κ3) is 4.66. The molecule has 6 heteroatoms. The Morgan fingerprint density at radius 1 is 0.929 bits per heavy atom. The van der Waals surface area contributed by atoms with Gasteiger partial charge in [-0.15, -0.1) is 24.8 Å². The zero-order valence-corrected chi connectivity index (χ0v) is 25.4. The van der Waals surface area contributed by atoms with Crippen molar-refractivity contribution in [3.63, 3.8) is 0 Å². The van der Waals surface area contributed by atoms with E-state index in [4.69, 9.17) is 0 Å². The van der Waals surface area contributed by atoms with Crippen molar-refractivity contribution in [3.05, 3.63) is 62.7 Å². The van der Waals surface area contributed by atoms with Gasteiger partial charge in [0.2, 0.25) is 0 Å². The van der Waals surface area contributed by atoms with Gasteiger partial charge in [-0.3, -0.25) is 0 Å². The van der Waals surface area contributed by atoms with Crippen LogP contribution in [0.2, 0.25) is 55.3 Å². The van der Waals surface area contributed by atoms with E-state index in [0.717, 1.165) is 5.54 Å². The molecule has 3 rings (SSSR count). The van der Waals surface area contributed by atoms with Gasteiger partial charge in [-0.25, -0.2) is 0 Å². The fraction of sp³-hybridized carbons (Fsp3) is 0.455. The van der Waals surface area contributed by atoms with Crippen LogP contribution in [0.3, 0.4) is 0 Å². The van der Waals surface area contributed by atoms with Crippen molar-refractivity contribution in [1.82, 2.24) is 0 Å². The van der Waals surface area contributed by atoms with Crippen LogP contribution >= 0.6 is 24.8 Å². The summed E-state index contributed by atoms with van der Waals surface area (Å²) in [7, 11) is -0.170. The van der Waals surface area contributed by atoms with E-state index in [-0.39, 0.29) is 24.8 Å². The molecule has 2 aliphatic rings. The van der Waals surface area contributed by atoms with Crippen molar-refractivity contribution in [2.75, 3.05) is 0 Å². The minimum absolute atomic E-state index is 0. The Bertz CT molecular complexity index is 908. The molecule has 0 nitrogen and oxygen atoms in total. The van der Waals surface area contributed by atoms with Crippen LogP contribution in [0.1, 0.15) is 15.3 Å². The number of hydrogen-bond acceptors (Lipinski definition) is 0. The molecule has 156 valence electrons. The maximum atomic E-state index is 2.72. The van der Waals surface area contributed by atoms with E-state index >= 15 is 0 Å². The molecule has 0 saturated carbocycles. The van der Waals surface area contributed by atoms with Crippen molar-refractivity contribution in [1.29, 1.82) is 0 Å². The van der Waals surface area contributed by atoms with Crippen molar-refractivity contribution in [2.45, 2.75) is 59.5 Å². The maximum Gasteiger partial charge on any atom is -0.147 e. The first-order valence-electron chi connectivity index (χ1n) is 9.99. The van der Waals surface area contributed by atoms with E-state index < -0.39 is 30.2 Å². The summed E-state index contributed by atoms with van der Waals surface area (Å²) in [6.07, 6.45) is 10.4. The van der Waals surface area contributed by atoms with Crippen LogP contribution < -0.4 is 0 Å². The zero-order valence-electron chi connectivity index (χ0n) is 18.8. The van der Waals surface area contributed by atoms with E-state index in [9.17, 15) is 0 Å². The summed E-state index contributed by atoms with van der Waals surface area (Å²) >= 11 is -2.91. The van der Waals surface area contributed by atoms with Gasteiger partial charge in [-0.1, -0.05) is 0 Å². The topological polar surface area (TPSA) is 0 Å². The summed E-state index contributed by atoms with van der Waals surface area (Å²) in [5, 5.41) is 7.11. The molecule has 2 atom stereocenters. The van der Waals surface area contributed by atoms with Crippen LogP contribution in [0.25, 0.3) is 6.08 Å². The Morgan fingerprint density at radius 3 is 2.04 bits per heavy atom. The van der Waals surface area contributed by atoms with Gasteiger partial charge in [0.25, 0.3) is 0 Å².